The molecule has 4 rings (SSSR count). The van der Waals surface area contributed by atoms with Crippen LogP contribution in [0.5, 0.6) is 0 Å². The van der Waals surface area contributed by atoms with Crippen LogP contribution in [-0.2, 0) is 39.7 Å². The molecule has 0 bridgehead atoms. The lowest BCUT2D eigenvalue weighted by Crippen LogP contribution is -2.45. The average molecular weight is 421 g/mol. The Kier molecular flexibility index (Phi) is 5.53. The normalized spacial score (nSPS) is 19.5. The van der Waals surface area contributed by atoms with Gasteiger partial charge in [0.2, 0.25) is 10.0 Å². The second-order valence-electron chi connectivity index (χ2n) is 7.84. The summed E-state index contributed by atoms with van der Waals surface area (Å²) in [6.07, 6.45) is 5.39. The number of hydrogen-bond acceptors (Lipinski definition) is 5. The van der Waals surface area contributed by atoms with Crippen LogP contribution in [0.15, 0.2) is 30.3 Å². The van der Waals surface area contributed by atoms with Gasteiger partial charge in [-0.1, -0.05) is 19.1 Å². The van der Waals surface area contributed by atoms with Gasteiger partial charge in [0.15, 0.2) is 0 Å². The van der Waals surface area contributed by atoms with Gasteiger partial charge >= 0.3 is 0 Å². The number of rotatable bonds is 5. The molecule has 0 radical (unpaired) electrons. The second-order valence-corrected chi connectivity index (χ2v) is 10.8. The van der Waals surface area contributed by atoms with E-state index in [0.717, 1.165) is 51.9 Å². The van der Waals surface area contributed by atoms with Gasteiger partial charge in [-0.2, -0.15) is 0 Å². The zero-order valence-corrected chi connectivity index (χ0v) is 18.2. The van der Waals surface area contributed by atoms with Crippen LogP contribution < -0.4 is 4.72 Å². The largest absolute Gasteiger partial charge is 0.370 e. The molecule has 0 atom stereocenters. The zero-order valence-electron chi connectivity index (χ0n) is 16.5. The van der Waals surface area contributed by atoms with Gasteiger partial charge in [0, 0.05) is 41.5 Å². The maximum atomic E-state index is 11.3. The van der Waals surface area contributed by atoms with Crippen molar-refractivity contribution in [2.75, 3.05) is 30.7 Å². The first-order valence-electron chi connectivity index (χ1n) is 9.92. The van der Waals surface area contributed by atoms with Gasteiger partial charge in [-0.05, 0) is 48.6 Å². The van der Waals surface area contributed by atoms with Crippen LogP contribution in [0.1, 0.15) is 40.6 Å². The molecule has 0 amide bonds. The molecule has 1 aromatic carbocycles. The molecular weight excluding hydrogens is 392 g/mol. The molecule has 1 spiro atoms. The maximum Gasteiger partial charge on any atom is 0.229 e. The molecule has 28 heavy (non-hydrogen) atoms. The van der Waals surface area contributed by atoms with Crippen molar-refractivity contribution in [3.8, 4) is 0 Å². The summed E-state index contributed by atoms with van der Waals surface area (Å²) >= 11 is 1.97. The zero-order chi connectivity index (χ0) is 19.8. The molecule has 7 heteroatoms. The SMILES string of the molecule is CCc1cc2c(s1)CCOC21CCN(Cc2ccc(NS(C)(=O)=O)cc2)CC1. The quantitative estimate of drug-likeness (QED) is 0.800. The molecule has 0 aliphatic carbocycles. The van der Waals surface area contributed by atoms with E-state index in [1.807, 2.05) is 35.6 Å². The third kappa shape index (κ3) is 4.27. The van der Waals surface area contributed by atoms with Crippen LogP contribution in [0.2, 0.25) is 0 Å². The topological polar surface area (TPSA) is 58.6 Å². The molecule has 2 aliphatic rings. The number of benzene rings is 1. The van der Waals surface area contributed by atoms with E-state index >= 15 is 0 Å². The van der Waals surface area contributed by atoms with Gasteiger partial charge in [0.25, 0.3) is 0 Å². The number of ether oxygens (including phenoxy) is 1. The number of thiophene rings is 1. The van der Waals surface area contributed by atoms with Crippen LogP contribution in [0.25, 0.3) is 0 Å². The molecule has 1 saturated heterocycles. The molecule has 0 saturated carbocycles. The van der Waals surface area contributed by atoms with Gasteiger partial charge in [0.1, 0.15) is 0 Å². The lowest BCUT2D eigenvalue weighted by Gasteiger charge is -2.44. The Labute approximate surface area is 171 Å². The number of anilines is 1. The number of aryl methyl sites for hydroxylation is 1. The average Bonchev–Trinajstić information content (AvgIpc) is 3.09. The third-order valence-electron chi connectivity index (χ3n) is 5.73. The summed E-state index contributed by atoms with van der Waals surface area (Å²) in [5, 5.41) is 0. The Morgan fingerprint density at radius 2 is 1.93 bits per heavy atom. The third-order valence-corrected chi connectivity index (χ3v) is 7.68. The minimum Gasteiger partial charge on any atom is -0.370 e. The summed E-state index contributed by atoms with van der Waals surface area (Å²) in [6, 6.07) is 10.0. The van der Waals surface area contributed by atoms with E-state index in [0.29, 0.717) is 5.69 Å². The maximum absolute atomic E-state index is 11.3. The van der Waals surface area contributed by atoms with E-state index in [1.165, 1.54) is 27.1 Å². The number of hydrogen-bond donors (Lipinski definition) is 1. The van der Waals surface area contributed by atoms with Gasteiger partial charge in [0.05, 0.1) is 18.5 Å². The summed E-state index contributed by atoms with van der Waals surface area (Å²) in [5.74, 6) is 0. The monoisotopic (exact) mass is 420 g/mol. The summed E-state index contributed by atoms with van der Waals surface area (Å²) < 4.78 is 31.5. The summed E-state index contributed by atoms with van der Waals surface area (Å²) in [6.45, 7) is 5.97. The number of sulfonamides is 1. The van der Waals surface area contributed by atoms with E-state index in [-0.39, 0.29) is 5.60 Å². The fourth-order valence-electron chi connectivity index (χ4n) is 4.28. The number of nitrogens with one attached hydrogen (secondary N) is 1. The van der Waals surface area contributed by atoms with Crippen molar-refractivity contribution < 1.29 is 13.2 Å². The molecule has 1 fully saturated rings. The molecule has 5 nitrogen and oxygen atoms in total. The van der Waals surface area contributed by atoms with Crippen LogP contribution >= 0.6 is 11.3 Å². The highest BCUT2D eigenvalue weighted by atomic mass is 32.2. The Balaban J connectivity index is 1.39. The van der Waals surface area contributed by atoms with Crippen molar-refractivity contribution >= 4 is 27.0 Å². The van der Waals surface area contributed by atoms with Gasteiger partial charge in [-0.3, -0.25) is 9.62 Å². The first-order valence-corrected chi connectivity index (χ1v) is 12.6. The van der Waals surface area contributed by atoms with Gasteiger partial charge in [-0.15, -0.1) is 11.3 Å². The predicted octanol–water partition coefficient (Wildman–Crippen LogP) is 3.75. The van der Waals surface area contributed by atoms with Crippen molar-refractivity contribution in [2.45, 2.75) is 44.8 Å². The number of fused-ring (bicyclic) bond motifs is 2. The molecule has 2 aromatic rings. The Morgan fingerprint density at radius 1 is 1.21 bits per heavy atom. The predicted molar refractivity (Wildman–Crippen MR) is 114 cm³/mol. The van der Waals surface area contributed by atoms with Crippen LogP contribution in [0.4, 0.5) is 5.69 Å². The molecule has 152 valence electrons. The molecule has 1 aromatic heterocycles. The standard InChI is InChI=1S/C21H28N2O3S2/c1-3-18-14-19-20(27-18)8-13-26-21(19)9-11-23(12-10-21)15-16-4-6-17(7-5-16)22-28(2,24)25/h4-7,14,22H,3,8-13,15H2,1-2H3. The summed E-state index contributed by atoms with van der Waals surface area (Å²) in [4.78, 5) is 5.47. The fourth-order valence-corrected chi connectivity index (χ4v) is 6.03. The smallest absolute Gasteiger partial charge is 0.229 e. The minimum atomic E-state index is -3.23. The highest BCUT2D eigenvalue weighted by molar-refractivity contribution is 7.92. The van der Waals surface area contributed by atoms with Gasteiger partial charge in [-0.25, -0.2) is 8.42 Å². The van der Waals surface area contributed by atoms with Crippen molar-refractivity contribution in [3.05, 3.63) is 51.2 Å². The fraction of sp³-hybridized carbons (Fsp3) is 0.524. The molecule has 1 N–H and O–H groups in total. The summed E-state index contributed by atoms with van der Waals surface area (Å²) in [7, 11) is -3.23. The number of nitrogens with zero attached hydrogens (tertiary/aromatic N) is 1. The number of likely N-dealkylation sites (tertiary alicyclic amines) is 1. The van der Waals surface area contributed by atoms with Crippen LogP contribution in [0.3, 0.4) is 0 Å². The van der Waals surface area contributed by atoms with Crippen LogP contribution in [-0.4, -0.2) is 39.3 Å². The Hall–Kier alpha value is -1.41. The van der Waals surface area contributed by atoms with Crippen molar-refractivity contribution in [1.29, 1.82) is 0 Å². The molecule has 2 aliphatic heterocycles. The van der Waals surface area contributed by atoms with Crippen LogP contribution in [0, 0.1) is 0 Å². The van der Waals surface area contributed by atoms with E-state index in [2.05, 4.69) is 22.6 Å². The first-order chi connectivity index (χ1) is 13.4. The highest BCUT2D eigenvalue weighted by Gasteiger charge is 2.41. The van der Waals surface area contributed by atoms with E-state index < -0.39 is 10.0 Å². The van der Waals surface area contributed by atoms with E-state index in [1.54, 1.807) is 0 Å². The lowest BCUT2D eigenvalue weighted by atomic mass is 9.82. The van der Waals surface area contributed by atoms with Gasteiger partial charge < -0.3 is 4.74 Å². The second kappa shape index (κ2) is 7.78. The Morgan fingerprint density at radius 3 is 2.57 bits per heavy atom. The molecule has 3 heterocycles. The first kappa shape index (κ1) is 19.9. The highest BCUT2D eigenvalue weighted by Crippen LogP contribution is 2.44. The Bertz CT molecular complexity index is 927. The van der Waals surface area contributed by atoms with E-state index in [4.69, 9.17) is 4.74 Å². The van der Waals surface area contributed by atoms with Crippen molar-refractivity contribution in [2.24, 2.45) is 0 Å². The molecule has 0 unspecified atom stereocenters. The van der Waals surface area contributed by atoms with Crippen molar-refractivity contribution in [1.82, 2.24) is 4.90 Å². The summed E-state index contributed by atoms with van der Waals surface area (Å²) in [5.41, 5.74) is 3.17. The van der Waals surface area contributed by atoms with Crippen molar-refractivity contribution in [3.63, 3.8) is 0 Å². The minimum absolute atomic E-state index is 0.0860. The van der Waals surface area contributed by atoms with E-state index in [9.17, 15) is 8.42 Å². The lowest BCUT2D eigenvalue weighted by molar-refractivity contribution is -0.0981. The molecular formula is C21H28N2O3S2. The number of piperidine rings is 1.